The zero-order chi connectivity index (χ0) is 29.7. The Morgan fingerprint density at radius 1 is 0.795 bits per heavy atom. The minimum absolute atomic E-state index is 0.461. The van der Waals surface area contributed by atoms with Crippen LogP contribution in [0.3, 0.4) is 0 Å². The second-order valence-corrected chi connectivity index (χ2v) is 13.0. The molecule has 3 aliphatic heterocycles. The molecule has 1 unspecified atom stereocenters. The molecule has 4 aromatic rings. The average Bonchev–Trinajstić information content (AvgIpc) is 3.89. The van der Waals surface area contributed by atoms with Gasteiger partial charge in [0, 0.05) is 28.2 Å². The molecule has 0 radical (unpaired) electrons. The molecular formula is C36H42N2O5S. The quantitative estimate of drug-likeness (QED) is 0.192. The van der Waals surface area contributed by atoms with E-state index in [1.54, 1.807) is 11.3 Å². The molecule has 0 spiro atoms. The minimum atomic E-state index is -0.793. The van der Waals surface area contributed by atoms with Crippen molar-refractivity contribution in [3.05, 3.63) is 83.4 Å². The molecule has 232 valence electrons. The van der Waals surface area contributed by atoms with Crippen LogP contribution in [0.25, 0.3) is 20.5 Å². The van der Waals surface area contributed by atoms with Crippen LogP contribution in [-0.2, 0) is 9.47 Å². The first kappa shape index (κ1) is 29.7. The van der Waals surface area contributed by atoms with Gasteiger partial charge in [-0.05, 0) is 105 Å². The Morgan fingerprint density at radius 3 is 2.16 bits per heavy atom. The van der Waals surface area contributed by atoms with E-state index in [4.69, 9.17) is 18.9 Å². The standard InChI is InChI=1S/C36H42N2O5S/c39-34(26-9-12-28(13-10-26)40-21-19-37-15-3-4-16-37)33-29-7-1-2-8-32(29)44-35(33)27-11-14-31(30(25-27)36-42-23-24-43-36)41-22-20-38-17-5-6-18-38/h1-2,7-14,25,34,36,39H,3-6,15-24H2. The van der Waals surface area contributed by atoms with Crippen LogP contribution in [0.1, 0.15) is 54.8 Å². The van der Waals surface area contributed by atoms with Gasteiger partial charge >= 0.3 is 0 Å². The summed E-state index contributed by atoms with van der Waals surface area (Å²) >= 11 is 1.70. The minimum Gasteiger partial charge on any atom is -0.492 e. The summed E-state index contributed by atoms with van der Waals surface area (Å²) in [6.07, 6.45) is 3.85. The molecule has 1 aromatic heterocycles. The van der Waals surface area contributed by atoms with Gasteiger partial charge in [0.25, 0.3) is 0 Å². The smallest absolute Gasteiger partial charge is 0.187 e. The molecule has 4 heterocycles. The van der Waals surface area contributed by atoms with Crippen LogP contribution in [0.2, 0.25) is 0 Å². The van der Waals surface area contributed by atoms with Gasteiger partial charge in [0.1, 0.15) is 30.8 Å². The van der Waals surface area contributed by atoms with Gasteiger partial charge in [-0.3, -0.25) is 9.80 Å². The van der Waals surface area contributed by atoms with Crippen molar-refractivity contribution >= 4 is 21.4 Å². The van der Waals surface area contributed by atoms with Crippen LogP contribution in [-0.4, -0.2) is 80.6 Å². The third-order valence-corrected chi connectivity index (χ3v) is 10.2. The topological polar surface area (TPSA) is 63.6 Å². The second kappa shape index (κ2) is 14.0. The summed E-state index contributed by atoms with van der Waals surface area (Å²) in [5, 5.41) is 12.9. The predicted octanol–water partition coefficient (Wildman–Crippen LogP) is 6.64. The number of rotatable bonds is 12. The molecule has 3 fully saturated rings. The van der Waals surface area contributed by atoms with E-state index in [1.165, 1.54) is 38.8 Å². The van der Waals surface area contributed by atoms with Crippen molar-refractivity contribution in [1.82, 2.24) is 9.80 Å². The largest absolute Gasteiger partial charge is 0.492 e. The first-order valence-electron chi connectivity index (χ1n) is 16.1. The number of thiophene rings is 1. The van der Waals surface area contributed by atoms with E-state index in [0.29, 0.717) is 26.4 Å². The Morgan fingerprint density at radius 2 is 1.45 bits per heavy atom. The lowest BCUT2D eigenvalue weighted by atomic mass is 9.95. The summed E-state index contributed by atoms with van der Waals surface area (Å²) < 4.78 is 25.4. The Hall–Kier alpha value is -2.98. The Bertz CT molecular complexity index is 1520. The first-order valence-corrected chi connectivity index (χ1v) is 16.9. The number of ether oxygens (including phenoxy) is 4. The van der Waals surface area contributed by atoms with Gasteiger partial charge in [-0.15, -0.1) is 11.3 Å². The highest BCUT2D eigenvalue weighted by atomic mass is 32.1. The Kier molecular flexibility index (Phi) is 9.44. The van der Waals surface area contributed by atoms with Crippen molar-refractivity contribution in [2.24, 2.45) is 0 Å². The van der Waals surface area contributed by atoms with Crippen molar-refractivity contribution in [3.63, 3.8) is 0 Å². The molecule has 1 N–H and O–H groups in total. The molecule has 0 aliphatic carbocycles. The second-order valence-electron chi connectivity index (χ2n) is 11.9. The molecule has 8 heteroatoms. The predicted molar refractivity (Wildman–Crippen MR) is 175 cm³/mol. The van der Waals surface area contributed by atoms with Crippen LogP contribution in [0.4, 0.5) is 0 Å². The SMILES string of the molecule is OC(c1ccc(OCCN2CCCC2)cc1)c1c(-c2ccc(OCCN3CCCC3)c(C3OCCO3)c2)sc2ccccc12. The van der Waals surface area contributed by atoms with Crippen molar-refractivity contribution in [2.45, 2.75) is 38.1 Å². The third-order valence-electron chi connectivity index (χ3n) is 8.99. The van der Waals surface area contributed by atoms with E-state index in [9.17, 15) is 5.11 Å². The first-order chi connectivity index (χ1) is 21.7. The van der Waals surface area contributed by atoms with Crippen molar-refractivity contribution < 1.29 is 24.1 Å². The van der Waals surface area contributed by atoms with Gasteiger partial charge in [-0.2, -0.15) is 0 Å². The zero-order valence-corrected chi connectivity index (χ0v) is 26.1. The lowest BCUT2D eigenvalue weighted by molar-refractivity contribution is -0.0457. The van der Waals surface area contributed by atoms with E-state index in [0.717, 1.165) is 74.9 Å². The molecule has 0 saturated carbocycles. The average molecular weight is 615 g/mol. The number of benzene rings is 3. The molecule has 0 bridgehead atoms. The van der Waals surface area contributed by atoms with Gasteiger partial charge in [0.05, 0.1) is 18.8 Å². The molecule has 7 rings (SSSR count). The number of aliphatic hydroxyl groups is 1. The maximum atomic E-state index is 11.9. The number of hydrogen-bond acceptors (Lipinski definition) is 8. The summed E-state index contributed by atoms with van der Waals surface area (Å²) in [6, 6.07) is 22.5. The highest BCUT2D eigenvalue weighted by molar-refractivity contribution is 7.22. The van der Waals surface area contributed by atoms with Crippen molar-refractivity contribution in [2.75, 3.05) is 65.7 Å². The van der Waals surface area contributed by atoms with Crippen LogP contribution in [0.5, 0.6) is 11.5 Å². The Balaban J connectivity index is 1.15. The summed E-state index contributed by atoms with van der Waals surface area (Å²) in [4.78, 5) is 5.94. The van der Waals surface area contributed by atoms with Gasteiger partial charge in [-0.1, -0.05) is 30.3 Å². The molecule has 3 saturated heterocycles. The molecule has 3 aliphatic rings. The van der Waals surface area contributed by atoms with Crippen molar-refractivity contribution in [1.29, 1.82) is 0 Å². The molecule has 1 atom stereocenters. The highest BCUT2D eigenvalue weighted by Crippen LogP contribution is 2.45. The number of nitrogens with zero attached hydrogens (tertiary/aromatic N) is 2. The van der Waals surface area contributed by atoms with Gasteiger partial charge in [0.15, 0.2) is 6.29 Å². The molecule has 7 nitrogen and oxygen atoms in total. The lowest BCUT2D eigenvalue weighted by Gasteiger charge is -2.20. The monoisotopic (exact) mass is 614 g/mol. The van der Waals surface area contributed by atoms with E-state index in [-0.39, 0.29) is 0 Å². The van der Waals surface area contributed by atoms with Crippen LogP contribution in [0.15, 0.2) is 66.7 Å². The van der Waals surface area contributed by atoms with E-state index in [2.05, 4.69) is 40.1 Å². The molecular weight excluding hydrogens is 572 g/mol. The van der Waals surface area contributed by atoms with Crippen LogP contribution in [0, 0.1) is 0 Å². The summed E-state index contributed by atoms with van der Waals surface area (Å²) in [5.41, 5.74) is 3.67. The maximum Gasteiger partial charge on any atom is 0.187 e. The lowest BCUT2D eigenvalue weighted by Crippen LogP contribution is -2.25. The fourth-order valence-corrected chi connectivity index (χ4v) is 7.83. The third kappa shape index (κ3) is 6.66. The van der Waals surface area contributed by atoms with Gasteiger partial charge in [-0.25, -0.2) is 0 Å². The van der Waals surface area contributed by atoms with Crippen LogP contribution >= 0.6 is 11.3 Å². The maximum absolute atomic E-state index is 11.9. The fourth-order valence-electron chi connectivity index (χ4n) is 6.60. The van der Waals surface area contributed by atoms with E-state index in [1.807, 2.05) is 36.4 Å². The highest BCUT2D eigenvalue weighted by Gasteiger charge is 2.26. The van der Waals surface area contributed by atoms with E-state index < -0.39 is 12.4 Å². The number of hydrogen-bond donors (Lipinski definition) is 1. The molecule has 3 aromatic carbocycles. The molecule has 0 amide bonds. The normalized spacial score (nSPS) is 18.8. The van der Waals surface area contributed by atoms with Gasteiger partial charge < -0.3 is 24.1 Å². The summed E-state index contributed by atoms with van der Waals surface area (Å²) in [5.74, 6) is 1.63. The Labute approximate surface area is 263 Å². The number of likely N-dealkylation sites (tertiary alicyclic amines) is 2. The van der Waals surface area contributed by atoms with Gasteiger partial charge in [0.2, 0.25) is 0 Å². The van der Waals surface area contributed by atoms with Crippen molar-refractivity contribution in [3.8, 4) is 21.9 Å². The number of fused-ring (bicyclic) bond motifs is 1. The van der Waals surface area contributed by atoms with Crippen LogP contribution < -0.4 is 9.47 Å². The van der Waals surface area contributed by atoms with E-state index >= 15 is 0 Å². The zero-order valence-electron chi connectivity index (χ0n) is 25.3. The summed E-state index contributed by atoms with van der Waals surface area (Å²) in [7, 11) is 0. The summed E-state index contributed by atoms with van der Waals surface area (Å²) in [6.45, 7) is 8.94. The molecule has 44 heavy (non-hydrogen) atoms. The number of aliphatic hydroxyl groups excluding tert-OH is 1. The fraction of sp³-hybridized carbons (Fsp3) is 0.444.